The third-order valence-electron chi connectivity index (χ3n) is 5.52. The van der Waals surface area contributed by atoms with Gasteiger partial charge in [0.15, 0.2) is 0 Å². The Balaban J connectivity index is 1.44. The third kappa shape index (κ3) is 3.57. The maximum absolute atomic E-state index is 13.0. The number of benzene rings is 2. The molecule has 2 saturated heterocycles. The highest BCUT2D eigenvalue weighted by molar-refractivity contribution is 6.30. The van der Waals surface area contributed by atoms with Gasteiger partial charge in [-0.2, -0.15) is 0 Å². The zero-order valence-electron chi connectivity index (χ0n) is 14.9. The number of rotatable bonds is 3. The van der Waals surface area contributed by atoms with E-state index in [1.807, 2.05) is 35.2 Å². The molecule has 6 heteroatoms. The first-order valence-electron chi connectivity index (χ1n) is 9.18. The molecule has 0 bridgehead atoms. The monoisotopic (exact) mass is 383 g/mol. The van der Waals surface area contributed by atoms with Crippen LogP contribution in [0.2, 0.25) is 5.02 Å². The number of nitrogens with two attached hydrogens (primary N) is 1. The molecule has 2 aliphatic rings. The van der Waals surface area contributed by atoms with E-state index < -0.39 is 0 Å². The van der Waals surface area contributed by atoms with Crippen molar-refractivity contribution in [3.63, 3.8) is 0 Å². The summed E-state index contributed by atoms with van der Waals surface area (Å²) in [5.41, 5.74) is 8.25. The summed E-state index contributed by atoms with van der Waals surface area (Å²) in [7, 11) is 0. The molecular weight excluding hydrogens is 362 g/mol. The SMILES string of the molecule is N[C@@H]1CN(C(=O)C2CC(=O)N(c3ccc(Cl)cc3)C2)C[C@H]1c1ccccc1. The first kappa shape index (κ1) is 18.0. The molecule has 2 N–H and O–H groups in total. The van der Waals surface area contributed by atoms with Crippen molar-refractivity contribution < 1.29 is 9.59 Å². The highest BCUT2D eigenvalue weighted by Gasteiger charge is 2.41. The second-order valence-corrected chi connectivity index (χ2v) is 7.74. The maximum atomic E-state index is 13.0. The van der Waals surface area contributed by atoms with E-state index in [4.69, 9.17) is 17.3 Å². The number of nitrogens with zero attached hydrogens (tertiary/aromatic N) is 2. The average Bonchev–Trinajstić information content (AvgIpc) is 3.26. The predicted octanol–water partition coefficient (Wildman–Crippen LogP) is 2.65. The predicted molar refractivity (Wildman–Crippen MR) is 106 cm³/mol. The topological polar surface area (TPSA) is 66.6 Å². The van der Waals surface area contributed by atoms with Gasteiger partial charge in [0.1, 0.15) is 0 Å². The first-order valence-corrected chi connectivity index (χ1v) is 9.56. The van der Waals surface area contributed by atoms with E-state index in [2.05, 4.69) is 12.1 Å². The standard InChI is InChI=1S/C21H22ClN3O2/c22-16-6-8-17(9-7-16)25-11-15(10-20(25)26)21(27)24-12-18(19(23)13-24)14-4-2-1-3-5-14/h1-9,15,18-19H,10-13,23H2/t15?,18-,19+/m0/s1. The van der Waals surface area contributed by atoms with E-state index >= 15 is 0 Å². The normalized spacial score (nSPS) is 25.3. The Morgan fingerprint density at radius 2 is 1.70 bits per heavy atom. The van der Waals surface area contributed by atoms with Gasteiger partial charge in [-0.1, -0.05) is 41.9 Å². The van der Waals surface area contributed by atoms with Gasteiger partial charge < -0.3 is 15.5 Å². The number of carbonyl (C=O) groups is 2. The van der Waals surface area contributed by atoms with Crippen LogP contribution in [-0.2, 0) is 9.59 Å². The van der Waals surface area contributed by atoms with E-state index in [1.54, 1.807) is 17.0 Å². The number of amides is 2. The van der Waals surface area contributed by atoms with Crippen LogP contribution in [0.5, 0.6) is 0 Å². The Morgan fingerprint density at radius 3 is 2.41 bits per heavy atom. The summed E-state index contributed by atoms with van der Waals surface area (Å²) in [4.78, 5) is 28.9. The lowest BCUT2D eigenvalue weighted by Crippen LogP contribution is -2.37. The smallest absolute Gasteiger partial charge is 0.228 e. The largest absolute Gasteiger partial charge is 0.340 e. The summed E-state index contributed by atoms with van der Waals surface area (Å²) in [6.07, 6.45) is 0.239. The summed E-state index contributed by atoms with van der Waals surface area (Å²) in [6, 6.07) is 17.1. The number of carbonyl (C=O) groups excluding carboxylic acids is 2. The summed E-state index contributed by atoms with van der Waals surface area (Å²) < 4.78 is 0. The first-order chi connectivity index (χ1) is 13.0. The number of halogens is 1. The van der Waals surface area contributed by atoms with Crippen molar-refractivity contribution in [3.05, 3.63) is 65.2 Å². The van der Waals surface area contributed by atoms with Gasteiger partial charge in [0.05, 0.1) is 5.92 Å². The van der Waals surface area contributed by atoms with E-state index in [0.29, 0.717) is 24.7 Å². The Bertz CT molecular complexity index is 840. The van der Waals surface area contributed by atoms with Gasteiger partial charge in [-0.15, -0.1) is 0 Å². The number of hydrogen-bond donors (Lipinski definition) is 1. The minimum atomic E-state index is -0.324. The van der Waals surface area contributed by atoms with Crippen molar-refractivity contribution in [2.24, 2.45) is 11.7 Å². The molecule has 2 aliphatic heterocycles. The second-order valence-electron chi connectivity index (χ2n) is 7.31. The fourth-order valence-electron chi connectivity index (χ4n) is 4.06. The van der Waals surface area contributed by atoms with Crippen LogP contribution in [0.4, 0.5) is 5.69 Å². The lowest BCUT2D eigenvalue weighted by atomic mass is 9.95. The quantitative estimate of drug-likeness (QED) is 0.886. The van der Waals surface area contributed by atoms with Crippen molar-refractivity contribution >= 4 is 29.1 Å². The van der Waals surface area contributed by atoms with Crippen LogP contribution in [0.3, 0.4) is 0 Å². The van der Waals surface area contributed by atoms with Gasteiger partial charge in [-0.3, -0.25) is 9.59 Å². The van der Waals surface area contributed by atoms with Crippen LogP contribution < -0.4 is 10.6 Å². The lowest BCUT2D eigenvalue weighted by Gasteiger charge is -2.21. The van der Waals surface area contributed by atoms with Gasteiger partial charge in [0, 0.05) is 48.7 Å². The van der Waals surface area contributed by atoms with Gasteiger partial charge in [0.25, 0.3) is 0 Å². The van der Waals surface area contributed by atoms with Gasteiger partial charge in [0.2, 0.25) is 11.8 Å². The molecule has 2 amide bonds. The number of hydrogen-bond acceptors (Lipinski definition) is 3. The molecule has 0 aromatic heterocycles. The van der Waals surface area contributed by atoms with Crippen molar-refractivity contribution in [2.75, 3.05) is 24.5 Å². The molecule has 0 radical (unpaired) electrons. The molecule has 0 saturated carbocycles. The second kappa shape index (κ2) is 7.33. The molecule has 140 valence electrons. The summed E-state index contributed by atoms with van der Waals surface area (Å²) in [5.74, 6) is -0.193. The van der Waals surface area contributed by atoms with Crippen LogP contribution in [-0.4, -0.2) is 42.4 Å². The highest BCUT2D eigenvalue weighted by atomic mass is 35.5. The fourth-order valence-corrected chi connectivity index (χ4v) is 4.19. The maximum Gasteiger partial charge on any atom is 0.228 e. The van der Waals surface area contributed by atoms with E-state index in [1.165, 1.54) is 0 Å². The molecule has 2 aromatic carbocycles. The van der Waals surface area contributed by atoms with Gasteiger partial charge >= 0.3 is 0 Å². The number of likely N-dealkylation sites (tertiary alicyclic amines) is 1. The minimum absolute atomic E-state index is 0.0219. The Morgan fingerprint density at radius 1 is 1.00 bits per heavy atom. The van der Waals surface area contributed by atoms with Crippen LogP contribution in [0.1, 0.15) is 17.9 Å². The van der Waals surface area contributed by atoms with E-state index in [0.717, 1.165) is 11.3 Å². The van der Waals surface area contributed by atoms with Crippen molar-refractivity contribution in [2.45, 2.75) is 18.4 Å². The molecule has 0 spiro atoms. The van der Waals surface area contributed by atoms with E-state index in [9.17, 15) is 9.59 Å². The van der Waals surface area contributed by atoms with Crippen molar-refractivity contribution in [1.82, 2.24) is 4.90 Å². The fraction of sp³-hybridized carbons (Fsp3) is 0.333. The Labute approximate surface area is 163 Å². The molecule has 2 aromatic rings. The minimum Gasteiger partial charge on any atom is -0.340 e. The van der Waals surface area contributed by atoms with Crippen LogP contribution in [0.15, 0.2) is 54.6 Å². The zero-order chi connectivity index (χ0) is 19.0. The molecular formula is C21H22ClN3O2. The van der Waals surface area contributed by atoms with Crippen LogP contribution in [0.25, 0.3) is 0 Å². The lowest BCUT2D eigenvalue weighted by molar-refractivity contribution is -0.134. The Kier molecular flexibility index (Phi) is 4.89. The highest BCUT2D eigenvalue weighted by Crippen LogP contribution is 2.31. The third-order valence-corrected chi connectivity index (χ3v) is 5.77. The molecule has 3 atom stereocenters. The zero-order valence-corrected chi connectivity index (χ0v) is 15.7. The number of anilines is 1. The molecule has 0 aliphatic carbocycles. The summed E-state index contributed by atoms with van der Waals surface area (Å²) in [5, 5.41) is 0.621. The molecule has 5 nitrogen and oxygen atoms in total. The molecule has 2 fully saturated rings. The van der Waals surface area contributed by atoms with E-state index in [-0.39, 0.29) is 36.1 Å². The van der Waals surface area contributed by atoms with Crippen LogP contribution >= 0.6 is 11.6 Å². The van der Waals surface area contributed by atoms with Crippen molar-refractivity contribution in [1.29, 1.82) is 0 Å². The average molecular weight is 384 g/mol. The molecule has 1 unspecified atom stereocenters. The summed E-state index contributed by atoms with van der Waals surface area (Å²) in [6.45, 7) is 1.54. The summed E-state index contributed by atoms with van der Waals surface area (Å²) >= 11 is 5.92. The molecule has 2 heterocycles. The van der Waals surface area contributed by atoms with Gasteiger partial charge in [-0.05, 0) is 29.8 Å². The molecule has 27 heavy (non-hydrogen) atoms. The van der Waals surface area contributed by atoms with Crippen molar-refractivity contribution in [3.8, 4) is 0 Å². The Hall–Kier alpha value is -2.37. The molecule has 4 rings (SSSR count). The van der Waals surface area contributed by atoms with Crippen LogP contribution in [0, 0.1) is 5.92 Å². The van der Waals surface area contributed by atoms with Gasteiger partial charge in [-0.25, -0.2) is 0 Å².